The van der Waals surface area contributed by atoms with Gasteiger partial charge in [-0.3, -0.25) is 15.0 Å². The highest BCUT2D eigenvalue weighted by molar-refractivity contribution is 5.95. The lowest BCUT2D eigenvalue weighted by Gasteiger charge is -2.14. The molecule has 1 unspecified atom stereocenters. The zero-order chi connectivity index (χ0) is 18.8. The van der Waals surface area contributed by atoms with Gasteiger partial charge in [-0.05, 0) is 29.8 Å². The topological polar surface area (TPSA) is 123 Å². The van der Waals surface area contributed by atoms with E-state index in [1.165, 1.54) is 0 Å². The van der Waals surface area contributed by atoms with Crippen LogP contribution in [-0.2, 0) is 9.53 Å². The van der Waals surface area contributed by atoms with Gasteiger partial charge in [0.2, 0.25) is 5.91 Å². The van der Waals surface area contributed by atoms with Gasteiger partial charge in [0.1, 0.15) is 6.33 Å². The number of fused-ring (bicyclic) bond motifs is 1. The van der Waals surface area contributed by atoms with Crippen LogP contribution in [0.25, 0.3) is 33.5 Å². The molecule has 0 aliphatic carbocycles. The Kier molecular flexibility index (Phi) is 4.39. The number of methoxy groups -OCH3 is 1. The molecule has 8 nitrogen and oxygen atoms in total. The molecule has 1 amide bonds. The number of benzene rings is 2. The van der Waals surface area contributed by atoms with Crippen molar-refractivity contribution in [2.75, 3.05) is 7.11 Å². The van der Waals surface area contributed by atoms with E-state index in [1.807, 2.05) is 42.5 Å². The number of carbonyl (C=O) groups excluding carboxylic acids is 1. The molecule has 0 spiro atoms. The lowest BCUT2D eigenvalue weighted by atomic mass is 10.00. The number of amides is 1. The molecule has 0 saturated carbocycles. The highest BCUT2D eigenvalue weighted by Crippen LogP contribution is 2.31. The largest absolute Gasteiger partial charge is 0.376 e. The lowest BCUT2D eigenvalue weighted by molar-refractivity contribution is -0.120. The normalized spacial score (nSPS) is 12.3. The highest BCUT2D eigenvalue weighted by Gasteiger charge is 2.16. The zero-order valence-corrected chi connectivity index (χ0v) is 14.6. The molecule has 0 saturated heterocycles. The summed E-state index contributed by atoms with van der Waals surface area (Å²) < 4.78 is 5.43. The maximum atomic E-state index is 11.3. The molecule has 4 aromatic rings. The first-order valence-electron chi connectivity index (χ1n) is 8.41. The van der Waals surface area contributed by atoms with E-state index in [9.17, 15) is 4.79 Å². The van der Waals surface area contributed by atoms with Crippen LogP contribution in [0, 0.1) is 0 Å². The number of primary amides is 1. The molecule has 8 heteroatoms. The Morgan fingerprint density at radius 3 is 2.81 bits per heavy atom. The fourth-order valence-electron chi connectivity index (χ4n) is 3.13. The summed E-state index contributed by atoms with van der Waals surface area (Å²) in [5.74, 6) is 0.215. The number of aromatic amines is 2. The number of nitrogens with zero attached hydrogens (tertiary/aromatic N) is 3. The number of H-pyrrole nitrogens is 2. The van der Waals surface area contributed by atoms with E-state index in [-0.39, 0.29) is 6.42 Å². The van der Waals surface area contributed by atoms with Gasteiger partial charge in [-0.25, -0.2) is 4.98 Å². The Bertz CT molecular complexity index is 1090. The number of hydrogen-bond donors (Lipinski definition) is 3. The van der Waals surface area contributed by atoms with Crippen LogP contribution in [0.5, 0.6) is 0 Å². The monoisotopic (exact) mass is 362 g/mol. The number of hydrogen-bond acceptors (Lipinski definition) is 5. The summed E-state index contributed by atoms with van der Waals surface area (Å²) in [6.45, 7) is 0. The maximum absolute atomic E-state index is 11.3. The summed E-state index contributed by atoms with van der Waals surface area (Å²) in [6.07, 6.45) is 1.27. The molecule has 2 aromatic heterocycles. The maximum Gasteiger partial charge on any atom is 0.220 e. The Labute approximate surface area is 154 Å². The van der Waals surface area contributed by atoms with Gasteiger partial charge in [0.15, 0.2) is 5.82 Å². The van der Waals surface area contributed by atoms with Crippen LogP contribution in [-0.4, -0.2) is 38.4 Å². The van der Waals surface area contributed by atoms with Crippen molar-refractivity contribution in [3.05, 3.63) is 54.4 Å². The van der Waals surface area contributed by atoms with Crippen LogP contribution in [0.2, 0.25) is 0 Å². The molecule has 0 aliphatic rings. The highest BCUT2D eigenvalue weighted by atomic mass is 16.5. The van der Waals surface area contributed by atoms with Crippen molar-refractivity contribution in [3.8, 4) is 22.6 Å². The van der Waals surface area contributed by atoms with Gasteiger partial charge in [0.25, 0.3) is 0 Å². The molecule has 0 aliphatic heterocycles. The minimum absolute atomic E-state index is 0.121. The summed E-state index contributed by atoms with van der Waals surface area (Å²) in [7, 11) is 1.56. The smallest absolute Gasteiger partial charge is 0.220 e. The standard InChI is InChI=1S/C19H18N6O2/c1-27-16(9-17(20)26)11-3-2-4-12(7-11)18-14-8-13(19-21-10-22-25-19)5-6-15(14)23-24-18/h2-8,10,16H,9H2,1H3,(H2,20,26)(H,23,24)(H,21,22,25). The summed E-state index contributed by atoms with van der Waals surface area (Å²) in [5, 5.41) is 15.3. The van der Waals surface area contributed by atoms with Crippen molar-refractivity contribution in [3.63, 3.8) is 0 Å². The van der Waals surface area contributed by atoms with Crippen LogP contribution in [0.1, 0.15) is 18.1 Å². The van der Waals surface area contributed by atoms with Crippen LogP contribution in [0.4, 0.5) is 0 Å². The van der Waals surface area contributed by atoms with Gasteiger partial charge >= 0.3 is 0 Å². The minimum atomic E-state index is -0.409. The third-order valence-corrected chi connectivity index (χ3v) is 4.44. The van der Waals surface area contributed by atoms with Crippen molar-refractivity contribution < 1.29 is 9.53 Å². The molecule has 2 heterocycles. The molecular formula is C19H18N6O2. The second-order valence-electron chi connectivity index (χ2n) is 6.18. The predicted octanol–water partition coefficient (Wildman–Crippen LogP) is 2.58. The van der Waals surface area contributed by atoms with E-state index in [1.54, 1.807) is 13.4 Å². The quantitative estimate of drug-likeness (QED) is 0.486. The first-order chi connectivity index (χ1) is 13.2. The Morgan fingerprint density at radius 1 is 1.19 bits per heavy atom. The van der Waals surface area contributed by atoms with Crippen LogP contribution in [0.15, 0.2) is 48.8 Å². The summed E-state index contributed by atoms with van der Waals surface area (Å²) in [6, 6.07) is 13.7. The first kappa shape index (κ1) is 16.9. The zero-order valence-electron chi connectivity index (χ0n) is 14.6. The van der Waals surface area contributed by atoms with E-state index in [0.29, 0.717) is 5.82 Å². The van der Waals surface area contributed by atoms with Crippen molar-refractivity contribution in [1.82, 2.24) is 25.4 Å². The molecule has 0 radical (unpaired) electrons. The second kappa shape index (κ2) is 7.00. The van der Waals surface area contributed by atoms with Gasteiger partial charge in [0, 0.05) is 23.6 Å². The second-order valence-corrected chi connectivity index (χ2v) is 6.18. The van der Waals surface area contributed by atoms with E-state index < -0.39 is 12.0 Å². The summed E-state index contributed by atoms with van der Waals surface area (Å²) in [5.41, 5.74) is 9.72. The summed E-state index contributed by atoms with van der Waals surface area (Å²) >= 11 is 0. The van der Waals surface area contributed by atoms with Crippen molar-refractivity contribution >= 4 is 16.8 Å². The van der Waals surface area contributed by atoms with Gasteiger partial charge in [-0.1, -0.05) is 18.2 Å². The molecule has 1 atom stereocenters. The average molecular weight is 362 g/mol. The molecule has 4 rings (SSSR count). The van der Waals surface area contributed by atoms with E-state index in [2.05, 4.69) is 25.4 Å². The van der Waals surface area contributed by atoms with Crippen LogP contribution < -0.4 is 5.73 Å². The van der Waals surface area contributed by atoms with Crippen molar-refractivity contribution in [2.45, 2.75) is 12.5 Å². The molecular weight excluding hydrogens is 344 g/mol. The van der Waals surface area contributed by atoms with Crippen molar-refractivity contribution in [2.24, 2.45) is 5.73 Å². The number of carbonyl (C=O) groups is 1. The van der Waals surface area contributed by atoms with E-state index in [0.717, 1.165) is 33.3 Å². The molecule has 2 aromatic carbocycles. The third kappa shape index (κ3) is 3.30. The number of ether oxygens (including phenoxy) is 1. The molecule has 4 N–H and O–H groups in total. The van der Waals surface area contributed by atoms with Gasteiger partial charge < -0.3 is 10.5 Å². The minimum Gasteiger partial charge on any atom is -0.376 e. The number of aromatic nitrogens is 5. The Balaban J connectivity index is 1.77. The van der Waals surface area contributed by atoms with Gasteiger partial charge in [-0.15, -0.1) is 0 Å². The number of nitrogens with one attached hydrogen (secondary N) is 2. The molecule has 0 bridgehead atoms. The molecule has 0 fully saturated rings. The fraction of sp³-hybridized carbons (Fsp3) is 0.158. The van der Waals surface area contributed by atoms with E-state index in [4.69, 9.17) is 10.5 Å². The first-order valence-corrected chi connectivity index (χ1v) is 8.41. The van der Waals surface area contributed by atoms with Gasteiger partial charge in [0.05, 0.1) is 23.7 Å². The Hall–Kier alpha value is -3.52. The lowest BCUT2D eigenvalue weighted by Crippen LogP contribution is -2.16. The number of rotatable bonds is 6. The number of nitrogens with two attached hydrogens (primary N) is 1. The third-order valence-electron chi connectivity index (χ3n) is 4.44. The summed E-state index contributed by atoms with van der Waals surface area (Å²) in [4.78, 5) is 15.5. The fourth-order valence-corrected chi connectivity index (χ4v) is 3.13. The van der Waals surface area contributed by atoms with Gasteiger partial charge in [-0.2, -0.15) is 10.2 Å². The molecule has 136 valence electrons. The average Bonchev–Trinajstić information content (AvgIpc) is 3.35. The van der Waals surface area contributed by atoms with E-state index >= 15 is 0 Å². The molecule has 27 heavy (non-hydrogen) atoms. The van der Waals surface area contributed by atoms with Crippen LogP contribution >= 0.6 is 0 Å². The SMILES string of the molecule is COC(CC(N)=O)c1cccc(-c2n[nH]c3ccc(-c4nc[nH]n4)cc23)c1. The Morgan fingerprint density at radius 2 is 2.07 bits per heavy atom. The predicted molar refractivity (Wildman–Crippen MR) is 100 cm³/mol. The van der Waals surface area contributed by atoms with Crippen LogP contribution in [0.3, 0.4) is 0 Å². The van der Waals surface area contributed by atoms with Crippen molar-refractivity contribution in [1.29, 1.82) is 0 Å².